The summed E-state index contributed by atoms with van der Waals surface area (Å²) in [5.41, 5.74) is 2.16. The van der Waals surface area contributed by atoms with Crippen molar-refractivity contribution < 1.29 is 4.52 Å². The molecule has 1 saturated carbocycles. The molecule has 0 amide bonds. The standard InChI is InChI=1S/C16H19N5O/c1-10(16-18-12-5-3-4-6-13(12)21(16)2)17-9-14-19-15(20-22-14)11-7-8-11/h3-6,10-11,17H,7-9H2,1-2H3. The van der Waals surface area contributed by atoms with Crippen LogP contribution in [0.25, 0.3) is 11.0 Å². The van der Waals surface area contributed by atoms with Gasteiger partial charge in [-0.3, -0.25) is 5.32 Å². The first-order valence-electron chi connectivity index (χ1n) is 7.69. The highest BCUT2D eigenvalue weighted by Crippen LogP contribution is 2.38. The van der Waals surface area contributed by atoms with E-state index in [4.69, 9.17) is 9.51 Å². The Labute approximate surface area is 128 Å². The van der Waals surface area contributed by atoms with Crippen LogP contribution in [-0.2, 0) is 13.6 Å². The number of benzene rings is 1. The lowest BCUT2D eigenvalue weighted by Crippen LogP contribution is -2.21. The Morgan fingerprint density at radius 2 is 2.14 bits per heavy atom. The van der Waals surface area contributed by atoms with Gasteiger partial charge in [0.05, 0.1) is 23.6 Å². The van der Waals surface area contributed by atoms with Crippen molar-refractivity contribution in [2.75, 3.05) is 0 Å². The topological polar surface area (TPSA) is 68.8 Å². The van der Waals surface area contributed by atoms with Crippen LogP contribution >= 0.6 is 0 Å². The predicted molar refractivity (Wildman–Crippen MR) is 82.2 cm³/mol. The van der Waals surface area contributed by atoms with Crippen molar-refractivity contribution in [3.05, 3.63) is 41.8 Å². The molecule has 2 aromatic heterocycles. The van der Waals surface area contributed by atoms with E-state index >= 15 is 0 Å². The van der Waals surface area contributed by atoms with Gasteiger partial charge in [0.1, 0.15) is 5.82 Å². The molecule has 1 aliphatic rings. The zero-order valence-electron chi connectivity index (χ0n) is 12.8. The summed E-state index contributed by atoms with van der Waals surface area (Å²) in [6, 6.07) is 8.26. The van der Waals surface area contributed by atoms with Crippen molar-refractivity contribution in [1.82, 2.24) is 25.0 Å². The van der Waals surface area contributed by atoms with Gasteiger partial charge in [0.25, 0.3) is 0 Å². The van der Waals surface area contributed by atoms with Crippen LogP contribution in [0.5, 0.6) is 0 Å². The lowest BCUT2D eigenvalue weighted by atomic mass is 10.3. The minimum atomic E-state index is 0.105. The number of aromatic nitrogens is 4. The number of imidazole rings is 1. The van der Waals surface area contributed by atoms with Crippen LogP contribution in [-0.4, -0.2) is 19.7 Å². The summed E-state index contributed by atoms with van der Waals surface area (Å²) in [4.78, 5) is 9.14. The molecule has 4 rings (SSSR count). The third-order valence-electron chi connectivity index (χ3n) is 4.19. The molecule has 1 N–H and O–H groups in total. The number of hydrogen-bond acceptors (Lipinski definition) is 5. The fourth-order valence-corrected chi connectivity index (χ4v) is 2.73. The Balaban J connectivity index is 1.48. The first-order chi connectivity index (χ1) is 10.7. The van der Waals surface area contributed by atoms with Crippen LogP contribution in [0.4, 0.5) is 0 Å². The van der Waals surface area contributed by atoms with Crippen molar-refractivity contribution in [3.8, 4) is 0 Å². The monoisotopic (exact) mass is 297 g/mol. The summed E-state index contributed by atoms with van der Waals surface area (Å²) >= 11 is 0. The number of nitrogens with one attached hydrogen (secondary N) is 1. The highest BCUT2D eigenvalue weighted by Gasteiger charge is 2.28. The van der Waals surface area contributed by atoms with Crippen LogP contribution in [0.3, 0.4) is 0 Å². The molecule has 6 heteroatoms. The number of para-hydroxylation sites is 2. The fourth-order valence-electron chi connectivity index (χ4n) is 2.73. The third kappa shape index (κ3) is 2.39. The van der Waals surface area contributed by atoms with Crippen LogP contribution in [0, 0.1) is 0 Å². The molecule has 1 aliphatic carbocycles. The number of fused-ring (bicyclic) bond motifs is 1. The molecule has 0 spiro atoms. The summed E-state index contributed by atoms with van der Waals surface area (Å²) in [6.45, 7) is 2.66. The van der Waals surface area contributed by atoms with Gasteiger partial charge in [0.2, 0.25) is 5.89 Å². The first-order valence-corrected chi connectivity index (χ1v) is 7.69. The quantitative estimate of drug-likeness (QED) is 0.784. The van der Waals surface area contributed by atoms with Crippen LogP contribution in [0.1, 0.15) is 49.3 Å². The van der Waals surface area contributed by atoms with E-state index in [9.17, 15) is 0 Å². The highest BCUT2D eigenvalue weighted by molar-refractivity contribution is 5.75. The zero-order valence-corrected chi connectivity index (χ0v) is 12.8. The number of rotatable bonds is 5. The van der Waals surface area contributed by atoms with Gasteiger partial charge in [0, 0.05) is 13.0 Å². The normalized spacial score (nSPS) is 16.3. The molecule has 1 aromatic carbocycles. The van der Waals surface area contributed by atoms with Crippen molar-refractivity contribution in [2.45, 2.75) is 38.3 Å². The molecular weight excluding hydrogens is 278 g/mol. The van der Waals surface area contributed by atoms with Gasteiger partial charge in [-0.05, 0) is 31.9 Å². The Morgan fingerprint density at radius 3 is 2.91 bits per heavy atom. The third-order valence-corrected chi connectivity index (χ3v) is 4.19. The summed E-state index contributed by atoms with van der Waals surface area (Å²) in [5.74, 6) is 3.03. The summed E-state index contributed by atoms with van der Waals surface area (Å²) in [6.07, 6.45) is 2.37. The maximum Gasteiger partial charge on any atom is 0.240 e. The molecule has 1 unspecified atom stereocenters. The highest BCUT2D eigenvalue weighted by atomic mass is 16.5. The van der Waals surface area contributed by atoms with E-state index in [1.165, 1.54) is 12.8 Å². The number of aryl methyl sites for hydroxylation is 1. The van der Waals surface area contributed by atoms with Crippen LogP contribution < -0.4 is 5.32 Å². The molecule has 0 radical (unpaired) electrons. The van der Waals surface area contributed by atoms with Crippen molar-refractivity contribution >= 4 is 11.0 Å². The van der Waals surface area contributed by atoms with Gasteiger partial charge in [0.15, 0.2) is 5.82 Å². The van der Waals surface area contributed by atoms with E-state index in [0.29, 0.717) is 18.4 Å². The van der Waals surface area contributed by atoms with Crippen LogP contribution in [0.15, 0.2) is 28.8 Å². The van der Waals surface area contributed by atoms with E-state index in [2.05, 4.69) is 33.0 Å². The molecule has 6 nitrogen and oxygen atoms in total. The van der Waals surface area contributed by atoms with Gasteiger partial charge < -0.3 is 9.09 Å². The Bertz CT molecular complexity index is 802. The SMILES string of the molecule is CC(NCc1nc(C2CC2)no1)c1nc2ccccc2n1C. The van der Waals surface area contributed by atoms with Gasteiger partial charge in [-0.25, -0.2) is 4.98 Å². The molecule has 0 bridgehead atoms. The fraction of sp³-hybridized carbons (Fsp3) is 0.438. The smallest absolute Gasteiger partial charge is 0.240 e. The lowest BCUT2D eigenvalue weighted by Gasteiger charge is -2.12. The second kappa shape index (κ2) is 5.21. The van der Waals surface area contributed by atoms with E-state index in [0.717, 1.165) is 22.7 Å². The van der Waals surface area contributed by atoms with E-state index in [-0.39, 0.29) is 6.04 Å². The van der Waals surface area contributed by atoms with Crippen LogP contribution in [0.2, 0.25) is 0 Å². The average molecular weight is 297 g/mol. The lowest BCUT2D eigenvalue weighted by molar-refractivity contribution is 0.354. The molecule has 114 valence electrons. The van der Waals surface area contributed by atoms with Gasteiger partial charge in [-0.1, -0.05) is 17.3 Å². The number of nitrogens with zero attached hydrogens (tertiary/aromatic N) is 4. The summed E-state index contributed by atoms with van der Waals surface area (Å²) in [7, 11) is 2.04. The van der Waals surface area contributed by atoms with Crippen molar-refractivity contribution in [1.29, 1.82) is 0 Å². The Kier molecular flexibility index (Phi) is 3.18. The molecule has 22 heavy (non-hydrogen) atoms. The minimum Gasteiger partial charge on any atom is -0.338 e. The second-order valence-electron chi connectivity index (χ2n) is 5.94. The van der Waals surface area contributed by atoms with E-state index < -0.39 is 0 Å². The number of hydrogen-bond donors (Lipinski definition) is 1. The Hall–Kier alpha value is -2.21. The molecular formula is C16H19N5O. The summed E-state index contributed by atoms with van der Waals surface area (Å²) in [5, 5.41) is 7.44. The zero-order chi connectivity index (χ0) is 15.1. The molecule has 1 atom stereocenters. The van der Waals surface area contributed by atoms with E-state index in [1.807, 2.05) is 25.2 Å². The summed E-state index contributed by atoms with van der Waals surface area (Å²) < 4.78 is 7.41. The Morgan fingerprint density at radius 1 is 1.32 bits per heavy atom. The minimum absolute atomic E-state index is 0.105. The first kappa shape index (κ1) is 13.5. The van der Waals surface area contributed by atoms with Gasteiger partial charge in [-0.2, -0.15) is 4.98 Å². The largest absolute Gasteiger partial charge is 0.338 e. The second-order valence-corrected chi connectivity index (χ2v) is 5.94. The molecule has 0 saturated heterocycles. The van der Waals surface area contributed by atoms with Gasteiger partial charge in [-0.15, -0.1) is 0 Å². The molecule has 2 heterocycles. The average Bonchev–Trinajstić information content (AvgIpc) is 3.19. The molecule has 1 fully saturated rings. The maximum absolute atomic E-state index is 5.29. The van der Waals surface area contributed by atoms with Crippen molar-refractivity contribution in [3.63, 3.8) is 0 Å². The molecule has 3 aromatic rings. The molecule has 0 aliphatic heterocycles. The van der Waals surface area contributed by atoms with Crippen molar-refractivity contribution in [2.24, 2.45) is 7.05 Å². The maximum atomic E-state index is 5.29. The predicted octanol–water partition coefficient (Wildman–Crippen LogP) is 2.68. The van der Waals surface area contributed by atoms with Gasteiger partial charge >= 0.3 is 0 Å². The van der Waals surface area contributed by atoms with E-state index in [1.54, 1.807) is 0 Å².